The first-order valence-corrected chi connectivity index (χ1v) is 10.3. The smallest absolute Gasteiger partial charge is 0.410 e. The van der Waals surface area contributed by atoms with Crippen LogP contribution < -0.4 is 0 Å². The number of fused-ring (bicyclic) bond motifs is 1. The van der Waals surface area contributed by atoms with Crippen LogP contribution in [0, 0.1) is 5.41 Å². The predicted octanol–water partition coefficient (Wildman–Crippen LogP) is 3.14. The van der Waals surface area contributed by atoms with Gasteiger partial charge in [-0.3, -0.25) is 0 Å². The lowest BCUT2D eigenvalue weighted by Gasteiger charge is -2.30. The maximum Gasteiger partial charge on any atom is 0.410 e. The average molecular weight is 358 g/mol. The standard InChI is InChI=1S/C16H20ClNO4S/c17-23(20,21)12-16-8-4-7-14(16)18(10-9-16)15(19)22-11-13-5-2-1-3-6-13/h1-3,5-6,14H,4,7-12H2/t14-,16+/m1/s1. The summed E-state index contributed by atoms with van der Waals surface area (Å²) in [6.07, 6.45) is 2.83. The molecule has 1 aromatic carbocycles. The summed E-state index contributed by atoms with van der Waals surface area (Å²) < 4.78 is 28.5. The summed E-state index contributed by atoms with van der Waals surface area (Å²) in [7, 11) is 1.90. The molecule has 5 nitrogen and oxygen atoms in total. The van der Waals surface area contributed by atoms with E-state index in [1.807, 2.05) is 30.3 Å². The van der Waals surface area contributed by atoms with Crippen molar-refractivity contribution in [2.75, 3.05) is 12.3 Å². The molecule has 1 saturated heterocycles. The van der Waals surface area contributed by atoms with Crippen molar-refractivity contribution in [2.45, 2.75) is 38.3 Å². The molecule has 0 unspecified atom stereocenters. The number of hydrogen-bond donors (Lipinski definition) is 0. The average Bonchev–Trinajstić information content (AvgIpc) is 3.02. The maximum atomic E-state index is 12.4. The highest BCUT2D eigenvalue weighted by Crippen LogP contribution is 2.50. The molecule has 1 aliphatic carbocycles. The van der Waals surface area contributed by atoms with Crippen LogP contribution in [0.4, 0.5) is 4.79 Å². The van der Waals surface area contributed by atoms with Gasteiger partial charge in [-0.15, -0.1) is 0 Å². The molecule has 2 fully saturated rings. The molecule has 1 aromatic rings. The van der Waals surface area contributed by atoms with Crippen LogP contribution >= 0.6 is 10.7 Å². The third-order valence-electron chi connectivity index (χ3n) is 4.99. The predicted molar refractivity (Wildman–Crippen MR) is 87.7 cm³/mol. The van der Waals surface area contributed by atoms with Gasteiger partial charge in [0.15, 0.2) is 0 Å². The van der Waals surface area contributed by atoms with Crippen molar-refractivity contribution in [3.8, 4) is 0 Å². The van der Waals surface area contributed by atoms with E-state index >= 15 is 0 Å². The van der Waals surface area contributed by atoms with Gasteiger partial charge in [0.2, 0.25) is 9.05 Å². The molecule has 1 amide bonds. The van der Waals surface area contributed by atoms with Gasteiger partial charge in [-0.1, -0.05) is 36.8 Å². The Morgan fingerprint density at radius 1 is 1.30 bits per heavy atom. The zero-order chi connectivity index (χ0) is 16.5. The van der Waals surface area contributed by atoms with Crippen LogP contribution in [-0.4, -0.2) is 37.8 Å². The second-order valence-electron chi connectivity index (χ2n) is 6.44. The second kappa shape index (κ2) is 6.32. The summed E-state index contributed by atoms with van der Waals surface area (Å²) in [4.78, 5) is 14.1. The number of nitrogens with zero attached hydrogens (tertiary/aromatic N) is 1. The van der Waals surface area contributed by atoms with Gasteiger partial charge in [0.1, 0.15) is 6.61 Å². The summed E-state index contributed by atoms with van der Waals surface area (Å²) in [5, 5.41) is 0. The zero-order valence-electron chi connectivity index (χ0n) is 12.8. The van der Waals surface area contributed by atoms with Gasteiger partial charge in [-0.2, -0.15) is 0 Å². The molecule has 1 heterocycles. The third-order valence-corrected chi connectivity index (χ3v) is 6.23. The van der Waals surface area contributed by atoms with Crippen molar-refractivity contribution >= 4 is 25.8 Å². The molecule has 7 heteroatoms. The number of carbonyl (C=O) groups is 1. The van der Waals surface area contributed by atoms with Gasteiger partial charge in [0.25, 0.3) is 0 Å². The Kier molecular flexibility index (Phi) is 4.56. The van der Waals surface area contributed by atoms with Crippen LogP contribution in [0.3, 0.4) is 0 Å². The van der Waals surface area contributed by atoms with Crippen LogP contribution in [0.15, 0.2) is 30.3 Å². The molecular weight excluding hydrogens is 338 g/mol. The zero-order valence-corrected chi connectivity index (χ0v) is 14.4. The lowest BCUT2D eigenvalue weighted by atomic mass is 9.84. The summed E-state index contributed by atoms with van der Waals surface area (Å²) in [5.74, 6) is -0.0608. The van der Waals surface area contributed by atoms with E-state index in [0.29, 0.717) is 13.0 Å². The van der Waals surface area contributed by atoms with Gasteiger partial charge in [-0.25, -0.2) is 13.2 Å². The van der Waals surface area contributed by atoms with Crippen LogP contribution in [0.1, 0.15) is 31.2 Å². The van der Waals surface area contributed by atoms with Crippen molar-refractivity contribution < 1.29 is 17.9 Å². The Labute approximate surface area is 141 Å². The van der Waals surface area contributed by atoms with E-state index in [1.54, 1.807) is 4.90 Å². The van der Waals surface area contributed by atoms with E-state index in [2.05, 4.69) is 0 Å². The minimum absolute atomic E-state index is 0.0608. The van der Waals surface area contributed by atoms with E-state index in [4.69, 9.17) is 15.4 Å². The SMILES string of the molecule is O=C(OCc1ccccc1)N1CC[C@]2(CS(=O)(=O)Cl)CCC[C@@H]12. The summed E-state index contributed by atoms with van der Waals surface area (Å²) in [6, 6.07) is 9.41. The molecule has 0 radical (unpaired) electrons. The molecule has 2 atom stereocenters. The first kappa shape index (κ1) is 16.6. The van der Waals surface area contributed by atoms with Gasteiger partial charge in [0.05, 0.1) is 5.75 Å². The van der Waals surface area contributed by atoms with Crippen molar-refractivity contribution in [2.24, 2.45) is 5.41 Å². The third kappa shape index (κ3) is 3.63. The van der Waals surface area contributed by atoms with Crippen molar-refractivity contribution in [1.29, 1.82) is 0 Å². The first-order chi connectivity index (χ1) is 10.9. The number of carbonyl (C=O) groups excluding carboxylic acids is 1. The number of benzene rings is 1. The number of amides is 1. The first-order valence-electron chi connectivity index (χ1n) is 7.79. The van der Waals surface area contributed by atoms with Crippen molar-refractivity contribution in [1.82, 2.24) is 4.90 Å². The Morgan fingerprint density at radius 2 is 2.04 bits per heavy atom. The van der Waals surface area contributed by atoms with E-state index in [1.165, 1.54) is 0 Å². The molecule has 0 N–H and O–H groups in total. The van der Waals surface area contributed by atoms with E-state index in [-0.39, 0.29) is 24.5 Å². The van der Waals surface area contributed by atoms with Crippen LogP contribution in [0.2, 0.25) is 0 Å². The molecule has 1 saturated carbocycles. The molecule has 23 heavy (non-hydrogen) atoms. The normalized spacial score (nSPS) is 27.0. The Hall–Kier alpha value is -1.27. The fourth-order valence-electron chi connectivity index (χ4n) is 4.00. The fourth-order valence-corrected chi connectivity index (χ4v) is 5.82. The molecular formula is C16H20ClNO4S. The van der Waals surface area contributed by atoms with Crippen molar-refractivity contribution in [3.63, 3.8) is 0 Å². The molecule has 126 valence electrons. The summed E-state index contributed by atoms with van der Waals surface area (Å²) in [6.45, 7) is 0.758. The lowest BCUT2D eigenvalue weighted by Crippen LogP contribution is -2.42. The number of likely N-dealkylation sites (tertiary alicyclic amines) is 1. The Bertz CT molecular complexity index is 679. The van der Waals surface area contributed by atoms with Gasteiger partial charge in [-0.05, 0) is 24.8 Å². The molecule has 3 rings (SSSR count). The van der Waals surface area contributed by atoms with Gasteiger partial charge >= 0.3 is 6.09 Å². The Morgan fingerprint density at radius 3 is 2.74 bits per heavy atom. The molecule has 1 aliphatic heterocycles. The minimum atomic E-state index is -3.58. The summed E-state index contributed by atoms with van der Waals surface area (Å²) >= 11 is 0. The largest absolute Gasteiger partial charge is 0.445 e. The van der Waals surface area contributed by atoms with E-state index in [9.17, 15) is 13.2 Å². The highest BCUT2D eigenvalue weighted by Gasteiger charge is 2.53. The van der Waals surface area contributed by atoms with E-state index in [0.717, 1.165) is 24.8 Å². The van der Waals surface area contributed by atoms with E-state index < -0.39 is 14.5 Å². The second-order valence-corrected chi connectivity index (χ2v) is 9.21. The maximum absolute atomic E-state index is 12.4. The minimum Gasteiger partial charge on any atom is -0.445 e. The monoisotopic (exact) mass is 357 g/mol. The molecule has 2 aliphatic rings. The number of hydrogen-bond acceptors (Lipinski definition) is 4. The number of halogens is 1. The fraction of sp³-hybridized carbons (Fsp3) is 0.562. The highest BCUT2D eigenvalue weighted by atomic mass is 35.7. The topological polar surface area (TPSA) is 63.7 Å². The van der Waals surface area contributed by atoms with Crippen LogP contribution in [0.25, 0.3) is 0 Å². The molecule has 0 bridgehead atoms. The Balaban J connectivity index is 1.66. The number of ether oxygens (including phenoxy) is 1. The highest BCUT2D eigenvalue weighted by molar-refractivity contribution is 8.13. The lowest BCUT2D eigenvalue weighted by molar-refractivity contribution is 0.0853. The molecule has 0 spiro atoms. The van der Waals surface area contributed by atoms with Crippen LogP contribution in [-0.2, 0) is 20.4 Å². The quantitative estimate of drug-likeness (QED) is 0.776. The van der Waals surface area contributed by atoms with Crippen molar-refractivity contribution in [3.05, 3.63) is 35.9 Å². The van der Waals surface area contributed by atoms with Gasteiger partial charge in [0, 0.05) is 28.7 Å². The summed E-state index contributed by atoms with van der Waals surface area (Å²) in [5.41, 5.74) is 0.535. The molecule has 0 aromatic heterocycles. The van der Waals surface area contributed by atoms with Gasteiger partial charge < -0.3 is 9.64 Å². The van der Waals surface area contributed by atoms with Crippen LogP contribution in [0.5, 0.6) is 0 Å². The number of rotatable bonds is 4.